The van der Waals surface area contributed by atoms with Gasteiger partial charge in [0.2, 0.25) is 0 Å². The van der Waals surface area contributed by atoms with Crippen molar-refractivity contribution in [3.05, 3.63) is 82.0 Å². The van der Waals surface area contributed by atoms with Crippen LogP contribution in [0.15, 0.2) is 54.2 Å². The highest BCUT2D eigenvalue weighted by Crippen LogP contribution is 2.31. The van der Waals surface area contributed by atoms with E-state index in [4.69, 9.17) is 0 Å². The van der Waals surface area contributed by atoms with Crippen molar-refractivity contribution in [2.75, 3.05) is 17.7 Å². The molecule has 0 unspecified atom stereocenters. The Kier molecular flexibility index (Phi) is 6.34. The van der Waals surface area contributed by atoms with Gasteiger partial charge >= 0.3 is 6.18 Å². The van der Waals surface area contributed by atoms with Crippen LogP contribution in [0, 0.1) is 6.92 Å². The van der Waals surface area contributed by atoms with Gasteiger partial charge in [0, 0.05) is 30.1 Å². The van der Waals surface area contributed by atoms with E-state index < -0.39 is 17.6 Å². The van der Waals surface area contributed by atoms with Crippen LogP contribution in [-0.4, -0.2) is 28.7 Å². The molecular weight excluding hydrogens is 465 g/mol. The molecule has 0 radical (unpaired) electrons. The molecule has 0 spiro atoms. The number of hydrogen-bond acceptors (Lipinski definition) is 6. The van der Waals surface area contributed by atoms with Crippen LogP contribution < -0.4 is 10.6 Å². The van der Waals surface area contributed by atoms with E-state index >= 15 is 0 Å². The number of amides is 1. The van der Waals surface area contributed by atoms with Crippen molar-refractivity contribution in [1.29, 1.82) is 0 Å². The molecule has 0 saturated carbocycles. The van der Waals surface area contributed by atoms with Gasteiger partial charge < -0.3 is 10.6 Å². The molecule has 0 bridgehead atoms. The number of carbonyl (C=O) groups is 2. The molecule has 4 rings (SSSR count). The molecule has 174 valence electrons. The smallest absolute Gasteiger partial charge is 0.372 e. The zero-order valence-corrected chi connectivity index (χ0v) is 19.0. The van der Waals surface area contributed by atoms with E-state index in [9.17, 15) is 22.8 Å². The van der Waals surface area contributed by atoms with Crippen molar-refractivity contribution in [3.63, 3.8) is 0 Å². The standard InChI is InChI=1S/C24H19F3N4O2S/c1-13-6-7-15(19(32)9-14-4-3-5-16(8-14)24(25,26)27)10-18(13)31-23(33)17-11-34-21-20(17)29-12-30-22(21)28-2/h3-8,10-12H,9H2,1-2H3,(H,31,33)(H,28,29,30). The van der Waals surface area contributed by atoms with Crippen LogP contribution in [0.1, 0.15) is 37.4 Å². The van der Waals surface area contributed by atoms with Gasteiger partial charge in [-0.3, -0.25) is 9.59 Å². The summed E-state index contributed by atoms with van der Waals surface area (Å²) in [6.07, 6.45) is -3.31. The Morgan fingerprint density at radius 3 is 2.62 bits per heavy atom. The van der Waals surface area contributed by atoms with Gasteiger partial charge in [0.05, 0.1) is 21.3 Å². The van der Waals surface area contributed by atoms with E-state index in [-0.39, 0.29) is 23.3 Å². The number of hydrogen-bond donors (Lipinski definition) is 2. The number of Topliss-reactive ketones (excluding diaryl/α,β-unsaturated/α-hetero) is 1. The second kappa shape index (κ2) is 9.22. The molecule has 2 aromatic heterocycles. The molecule has 2 heterocycles. The summed E-state index contributed by atoms with van der Waals surface area (Å²) in [6, 6.07) is 9.50. The highest BCUT2D eigenvalue weighted by Gasteiger charge is 2.30. The molecule has 0 saturated heterocycles. The van der Waals surface area contributed by atoms with E-state index in [1.54, 1.807) is 31.5 Å². The maximum Gasteiger partial charge on any atom is 0.416 e. The summed E-state index contributed by atoms with van der Waals surface area (Å²) in [5, 5.41) is 7.46. The van der Waals surface area contributed by atoms with E-state index in [0.717, 1.165) is 22.4 Å². The Morgan fingerprint density at radius 2 is 1.88 bits per heavy atom. The number of halogens is 3. The maximum absolute atomic E-state index is 13.0. The molecule has 10 heteroatoms. The molecule has 2 N–H and O–H groups in total. The number of fused-ring (bicyclic) bond motifs is 1. The number of thiophene rings is 1. The fourth-order valence-corrected chi connectivity index (χ4v) is 4.45. The van der Waals surface area contributed by atoms with Crippen LogP contribution in [0.3, 0.4) is 0 Å². The van der Waals surface area contributed by atoms with Crippen molar-refractivity contribution < 1.29 is 22.8 Å². The van der Waals surface area contributed by atoms with E-state index in [2.05, 4.69) is 20.6 Å². The minimum absolute atomic E-state index is 0.195. The largest absolute Gasteiger partial charge is 0.416 e. The molecule has 1 amide bonds. The Labute approximate surface area is 196 Å². The molecule has 0 aliphatic heterocycles. The molecule has 6 nitrogen and oxygen atoms in total. The van der Waals surface area contributed by atoms with Crippen LogP contribution >= 0.6 is 11.3 Å². The number of alkyl halides is 3. The van der Waals surface area contributed by atoms with Crippen LogP contribution in [0.2, 0.25) is 0 Å². The Hall–Kier alpha value is -3.79. The Bertz CT molecular complexity index is 1400. The van der Waals surface area contributed by atoms with Crippen LogP contribution in [0.4, 0.5) is 24.7 Å². The minimum Gasteiger partial charge on any atom is -0.372 e. The molecular formula is C24H19F3N4O2S. The number of carbonyl (C=O) groups excluding carboxylic acids is 2. The third-order valence-electron chi connectivity index (χ3n) is 5.26. The monoisotopic (exact) mass is 484 g/mol. The van der Waals surface area contributed by atoms with Crippen molar-refractivity contribution in [2.24, 2.45) is 0 Å². The topological polar surface area (TPSA) is 84.0 Å². The molecule has 34 heavy (non-hydrogen) atoms. The first-order chi connectivity index (χ1) is 16.2. The number of nitrogens with one attached hydrogen (secondary N) is 2. The first-order valence-electron chi connectivity index (χ1n) is 10.2. The van der Waals surface area contributed by atoms with Gasteiger partial charge in [-0.25, -0.2) is 9.97 Å². The summed E-state index contributed by atoms with van der Waals surface area (Å²) in [5.41, 5.74) is 1.79. The molecule has 0 aliphatic rings. The lowest BCUT2D eigenvalue weighted by Gasteiger charge is -2.11. The highest BCUT2D eigenvalue weighted by molar-refractivity contribution is 7.18. The highest BCUT2D eigenvalue weighted by atomic mass is 32.1. The molecule has 0 fully saturated rings. The minimum atomic E-state index is -4.48. The average molecular weight is 485 g/mol. The maximum atomic E-state index is 13.0. The third kappa shape index (κ3) is 4.76. The summed E-state index contributed by atoms with van der Waals surface area (Å²) in [5.74, 6) is -0.132. The van der Waals surface area contributed by atoms with Gasteiger partial charge in [-0.05, 0) is 30.2 Å². The number of anilines is 2. The van der Waals surface area contributed by atoms with Crippen molar-refractivity contribution in [2.45, 2.75) is 19.5 Å². The van der Waals surface area contributed by atoms with E-state index in [1.165, 1.54) is 35.9 Å². The predicted molar refractivity (Wildman–Crippen MR) is 126 cm³/mol. The summed E-state index contributed by atoms with van der Waals surface area (Å²) in [4.78, 5) is 34.1. The summed E-state index contributed by atoms with van der Waals surface area (Å²) in [6.45, 7) is 1.78. The van der Waals surface area contributed by atoms with Crippen LogP contribution in [0.25, 0.3) is 10.2 Å². The lowest BCUT2D eigenvalue weighted by molar-refractivity contribution is -0.137. The van der Waals surface area contributed by atoms with Crippen LogP contribution in [0.5, 0.6) is 0 Å². The van der Waals surface area contributed by atoms with Crippen LogP contribution in [-0.2, 0) is 12.6 Å². The number of nitrogens with zero attached hydrogens (tertiary/aromatic N) is 2. The van der Waals surface area contributed by atoms with Crippen molar-refractivity contribution >= 4 is 44.7 Å². The second-order valence-electron chi connectivity index (χ2n) is 7.58. The van der Waals surface area contributed by atoms with Crippen molar-refractivity contribution in [3.8, 4) is 0 Å². The first-order valence-corrected chi connectivity index (χ1v) is 11.1. The van der Waals surface area contributed by atoms with Gasteiger partial charge in [0.25, 0.3) is 5.91 Å². The van der Waals surface area contributed by atoms with Crippen molar-refractivity contribution in [1.82, 2.24) is 9.97 Å². The summed E-state index contributed by atoms with van der Waals surface area (Å²) >= 11 is 1.34. The lowest BCUT2D eigenvalue weighted by Crippen LogP contribution is -2.14. The molecule has 4 aromatic rings. The molecule has 2 aromatic carbocycles. The average Bonchev–Trinajstić information content (AvgIpc) is 3.24. The summed E-state index contributed by atoms with van der Waals surface area (Å²) in [7, 11) is 1.73. The van der Waals surface area contributed by atoms with E-state index in [0.29, 0.717) is 22.6 Å². The second-order valence-corrected chi connectivity index (χ2v) is 8.46. The fourth-order valence-electron chi connectivity index (χ4n) is 3.45. The van der Waals surface area contributed by atoms with Gasteiger partial charge in [-0.15, -0.1) is 11.3 Å². The quantitative estimate of drug-likeness (QED) is 0.341. The SMILES string of the molecule is CNc1ncnc2c(C(=O)Nc3cc(C(=O)Cc4cccc(C(F)(F)F)c4)ccc3C)csc12. The van der Waals surface area contributed by atoms with Gasteiger partial charge in [0.1, 0.15) is 12.1 Å². The number of rotatable bonds is 6. The zero-order chi connectivity index (χ0) is 24.5. The fraction of sp³-hybridized carbons (Fsp3) is 0.167. The van der Waals surface area contributed by atoms with E-state index in [1.807, 2.05) is 0 Å². The first kappa shape index (κ1) is 23.4. The number of aryl methyl sites for hydroxylation is 1. The molecule has 0 atom stereocenters. The predicted octanol–water partition coefficient (Wildman–Crippen LogP) is 5.74. The molecule has 0 aliphatic carbocycles. The zero-order valence-electron chi connectivity index (χ0n) is 18.2. The van der Waals surface area contributed by atoms with Gasteiger partial charge in [0.15, 0.2) is 5.78 Å². The number of aromatic nitrogens is 2. The van der Waals surface area contributed by atoms with Gasteiger partial charge in [-0.1, -0.05) is 30.3 Å². The number of benzene rings is 2. The number of ketones is 1. The summed E-state index contributed by atoms with van der Waals surface area (Å²) < 4.78 is 39.7. The Balaban J connectivity index is 1.56. The lowest BCUT2D eigenvalue weighted by atomic mass is 9.99. The Morgan fingerprint density at radius 1 is 1.09 bits per heavy atom. The van der Waals surface area contributed by atoms with Gasteiger partial charge in [-0.2, -0.15) is 13.2 Å². The normalized spacial score (nSPS) is 11.4. The third-order valence-corrected chi connectivity index (χ3v) is 6.24.